The van der Waals surface area contributed by atoms with Gasteiger partial charge in [0, 0.05) is 30.5 Å². The first-order valence-electron chi connectivity index (χ1n) is 12.2. The molecule has 0 saturated carbocycles. The zero-order valence-corrected chi connectivity index (χ0v) is 20.5. The highest BCUT2D eigenvalue weighted by Gasteiger charge is 2.16. The van der Waals surface area contributed by atoms with E-state index in [2.05, 4.69) is 56.9 Å². The van der Waals surface area contributed by atoms with Crippen LogP contribution in [0.1, 0.15) is 42.5 Å². The number of pyridine rings is 1. The molecule has 9 nitrogen and oxygen atoms in total. The summed E-state index contributed by atoms with van der Waals surface area (Å²) in [7, 11) is 1.89. The first-order valence-corrected chi connectivity index (χ1v) is 12.2. The molecule has 5 rings (SSSR count). The van der Waals surface area contributed by atoms with Crippen LogP contribution in [0.25, 0.3) is 11.0 Å². The van der Waals surface area contributed by atoms with E-state index < -0.39 is 0 Å². The Hall–Kier alpha value is -4.16. The fraction of sp³-hybridized carbons (Fsp3) is 0.333. The van der Waals surface area contributed by atoms with Crippen LogP contribution < -0.4 is 16.2 Å². The fourth-order valence-electron chi connectivity index (χ4n) is 4.44. The molecule has 1 aromatic carbocycles. The van der Waals surface area contributed by atoms with Crippen LogP contribution in [0.2, 0.25) is 0 Å². The average Bonchev–Trinajstić information content (AvgIpc) is 3.32. The Bertz CT molecular complexity index is 1470. The molecule has 0 spiro atoms. The zero-order chi connectivity index (χ0) is 24.9. The summed E-state index contributed by atoms with van der Waals surface area (Å²) in [6.45, 7) is 4.72. The molecular formula is C27H29N7O2. The van der Waals surface area contributed by atoms with Crippen molar-refractivity contribution in [3.63, 3.8) is 0 Å². The van der Waals surface area contributed by atoms with E-state index in [-0.39, 0.29) is 5.56 Å². The number of hydrogen-bond donors (Lipinski definition) is 2. The van der Waals surface area contributed by atoms with Gasteiger partial charge in [0.1, 0.15) is 11.8 Å². The number of benzene rings is 1. The average molecular weight is 484 g/mol. The fourth-order valence-corrected chi connectivity index (χ4v) is 4.44. The van der Waals surface area contributed by atoms with Gasteiger partial charge < -0.3 is 19.9 Å². The molecule has 0 unspecified atom stereocenters. The van der Waals surface area contributed by atoms with Gasteiger partial charge in [-0.1, -0.05) is 12.1 Å². The molecule has 36 heavy (non-hydrogen) atoms. The second kappa shape index (κ2) is 10.6. The van der Waals surface area contributed by atoms with Gasteiger partial charge in [-0.2, -0.15) is 4.98 Å². The molecule has 2 N–H and O–H groups in total. The Balaban J connectivity index is 1.48. The third-order valence-electron chi connectivity index (χ3n) is 6.44. The van der Waals surface area contributed by atoms with Gasteiger partial charge >= 0.3 is 0 Å². The van der Waals surface area contributed by atoms with Crippen LogP contribution in [0.3, 0.4) is 0 Å². The first kappa shape index (κ1) is 23.6. The Morgan fingerprint density at radius 2 is 2.00 bits per heavy atom. The molecule has 4 aromatic rings. The normalized spacial score (nSPS) is 13.8. The van der Waals surface area contributed by atoms with Gasteiger partial charge in [-0.15, -0.1) is 0 Å². The van der Waals surface area contributed by atoms with Gasteiger partial charge in [-0.25, -0.2) is 9.97 Å². The number of ether oxygens (including phenoxy) is 1. The van der Waals surface area contributed by atoms with E-state index in [0.717, 1.165) is 37.3 Å². The van der Waals surface area contributed by atoms with Gasteiger partial charge in [0.15, 0.2) is 0 Å². The van der Waals surface area contributed by atoms with Crippen molar-refractivity contribution in [2.75, 3.05) is 25.0 Å². The molecule has 0 bridgehead atoms. The molecule has 1 aliphatic rings. The highest BCUT2D eigenvalue weighted by atomic mass is 16.5. The minimum Gasteiger partial charge on any atom is -0.447 e. The SMILES string of the molecule is CCOC#Cc1cc2cnc(Nc3ccc(C4CCNCC4)cc3)nc2n(Cc2cncn2C)c1=O. The Kier molecular flexibility index (Phi) is 6.96. The van der Waals surface area contributed by atoms with Gasteiger partial charge in [0.2, 0.25) is 5.95 Å². The second-order valence-corrected chi connectivity index (χ2v) is 8.85. The second-order valence-electron chi connectivity index (χ2n) is 8.85. The summed E-state index contributed by atoms with van der Waals surface area (Å²) in [6, 6.07) is 10.2. The Morgan fingerprint density at radius 3 is 2.72 bits per heavy atom. The smallest absolute Gasteiger partial charge is 0.268 e. The number of aromatic nitrogens is 5. The quantitative estimate of drug-likeness (QED) is 0.407. The summed E-state index contributed by atoms with van der Waals surface area (Å²) in [6.07, 6.45) is 10.1. The third-order valence-corrected chi connectivity index (χ3v) is 6.44. The topological polar surface area (TPSA) is 98.9 Å². The van der Waals surface area contributed by atoms with Gasteiger partial charge in [0.25, 0.3) is 5.56 Å². The lowest BCUT2D eigenvalue weighted by atomic mass is 9.90. The van der Waals surface area contributed by atoms with E-state index >= 15 is 0 Å². The highest BCUT2D eigenvalue weighted by molar-refractivity contribution is 5.77. The number of fused-ring (bicyclic) bond motifs is 1. The van der Waals surface area contributed by atoms with Crippen LogP contribution in [0.5, 0.6) is 0 Å². The molecule has 1 saturated heterocycles. The van der Waals surface area contributed by atoms with Crippen LogP contribution >= 0.6 is 0 Å². The molecule has 0 aliphatic carbocycles. The monoisotopic (exact) mass is 483 g/mol. The minimum atomic E-state index is -0.244. The predicted octanol–water partition coefficient (Wildman–Crippen LogP) is 3.13. The van der Waals surface area contributed by atoms with E-state index in [1.54, 1.807) is 29.4 Å². The lowest BCUT2D eigenvalue weighted by Crippen LogP contribution is -2.26. The van der Waals surface area contributed by atoms with Crippen molar-refractivity contribution in [3.05, 3.63) is 76.2 Å². The Labute approximate surface area is 209 Å². The van der Waals surface area contributed by atoms with E-state index in [1.165, 1.54) is 5.56 Å². The summed E-state index contributed by atoms with van der Waals surface area (Å²) in [5.74, 6) is 3.84. The molecule has 3 aromatic heterocycles. The standard InChI is InChI=1S/C27H29N7O2/c1-3-36-13-10-21-14-22-15-30-27(31-23-6-4-19(5-7-23)20-8-11-28-12-9-20)32-25(22)34(26(21)35)17-24-16-29-18-33(24)2/h4-7,14-16,18,20,28H,3,8-9,11-12,17H2,1-2H3,(H,30,31,32). The summed E-state index contributed by atoms with van der Waals surface area (Å²) in [4.78, 5) is 26.7. The molecule has 4 heterocycles. The van der Waals surface area contributed by atoms with Crippen molar-refractivity contribution in [2.24, 2.45) is 7.05 Å². The predicted molar refractivity (Wildman–Crippen MR) is 139 cm³/mol. The van der Waals surface area contributed by atoms with Gasteiger partial charge in [0.05, 0.1) is 30.7 Å². The van der Waals surface area contributed by atoms with Crippen LogP contribution in [0.15, 0.2) is 53.8 Å². The van der Waals surface area contributed by atoms with Crippen molar-refractivity contribution in [3.8, 4) is 12.0 Å². The summed E-state index contributed by atoms with van der Waals surface area (Å²) in [5, 5.41) is 7.41. The van der Waals surface area contributed by atoms with Crippen molar-refractivity contribution in [1.29, 1.82) is 0 Å². The largest absolute Gasteiger partial charge is 0.447 e. The van der Waals surface area contributed by atoms with Crippen LogP contribution in [-0.2, 0) is 18.3 Å². The molecule has 184 valence electrons. The number of aryl methyl sites for hydroxylation is 1. The van der Waals surface area contributed by atoms with Crippen LogP contribution in [0, 0.1) is 12.0 Å². The first-order chi connectivity index (χ1) is 17.6. The number of piperidine rings is 1. The minimum absolute atomic E-state index is 0.244. The lowest BCUT2D eigenvalue weighted by Gasteiger charge is -2.23. The number of hydrogen-bond acceptors (Lipinski definition) is 7. The van der Waals surface area contributed by atoms with E-state index in [9.17, 15) is 4.79 Å². The van der Waals surface area contributed by atoms with Crippen molar-refractivity contribution >= 4 is 22.7 Å². The molecule has 0 amide bonds. The molecule has 1 aliphatic heterocycles. The lowest BCUT2D eigenvalue weighted by molar-refractivity contribution is 0.299. The summed E-state index contributed by atoms with van der Waals surface area (Å²) >= 11 is 0. The number of nitrogens with zero attached hydrogens (tertiary/aromatic N) is 5. The van der Waals surface area contributed by atoms with Gasteiger partial charge in [-0.05, 0) is 68.5 Å². The molecule has 0 radical (unpaired) electrons. The van der Waals surface area contributed by atoms with Gasteiger partial charge in [-0.3, -0.25) is 9.36 Å². The van der Waals surface area contributed by atoms with E-state index in [4.69, 9.17) is 9.72 Å². The summed E-state index contributed by atoms with van der Waals surface area (Å²) in [5.41, 5.74) is 3.73. The zero-order valence-electron chi connectivity index (χ0n) is 20.5. The maximum absolute atomic E-state index is 13.4. The number of imidazole rings is 1. The van der Waals surface area contributed by atoms with Crippen LogP contribution in [-0.4, -0.2) is 43.8 Å². The summed E-state index contributed by atoms with van der Waals surface area (Å²) < 4.78 is 8.62. The number of rotatable bonds is 6. The number of anilines is 2. The molecular weight excluding hydrogens is 454 g/mol. The number of nitrogens with one attached hydrogen (secondary N) is 2. The van der Waals surface area contributed by atoms with E-state index in [1.807, 2.05) is 18.5 Å². The molecule has 0 atom stereocenters. The Morgan fingerprint density at radius 1 is 1.19 bits per heavy atom. The van der Waals surface area contributed by atoms with Crippen molar-refractivity contribution in [1.82, 2.24) is 29.4 Å². The third kappa shape index (κ3) is 5.09. The molecule has 1 fully saturated rings. The maximum atomic E-state index is 13.4. The highest BCUT2D eigenvalue weighted by Crippen LogP contribution is 2.27. The van der Waals surface area contributed by atoms with E-state index in [0.29, 0.717) is 41.6 Å². The van der Waals surface area contributed by atoms with Crippen molar-refractivity contribution in [2.45, 2.75) is 32.2 Å². The van der Waals surface area contributed by atoms with Crippen molar-refractivity contribution < 1.29 is 4.74 Å². The molecule has 9 heteroatoms. The maximum Gasteiger partial charge on any atom is 0.268 e. The van der Waals surface area contributed by atoms with Crippen LogP contribution in [0.4, 0.5) is 11.6 Å².